The van der Waals surface area contributed by atoms with Gasteiger partial charge in [-0.1, -0.05) is 0 Å². The number of benzene rings is 2. The standard InChI is InChI=1S/C19H19NO3Se/c1-19(12-24-14-7-5-4-6-8-14)15-11-13(17(21)23-3)9-10-16(15)20(2)18(19)22/h4-11H,12H2,1-3H3/t19-/m0/s1. The molecule has 3 rings (SSSR count). The Hall–Kier alpha value is -2.10. The molecule has 24 heavy (non-hydrogen) atoms. The Labute approximate surface area is 148 Å². The third kappa shape index (κ3) is 2.74. The van der Waals surface area contributed by atoms with E-state index < -0.39 is 5.41 Å². The Morgan fingerprint density at radius 1 is 1.21 bits per heavy atom. The third-order valence-corrected chi connectivity index (χ3v) is 7.21. The number of hydrogen-bond acceptors (Lipinski definition) is 3. The van der Waals surface area contributed by atoms with Gasteiger partial charge in [-0.15, -0.1) is 0 Å². The summed E-state index contributed by atoms with van der Waals surface area (Å²) < 4.78 is 6.08. The Morgan fingerprint density at radius 2 is 1.92 bits per heavy atom. The fourth-order valence-corrected chi connectivity index (χ4v) is 5.27. The molecule has 5 heteroatoms. The zero-order valence-corrected chi connectivity index (χ0v) is 15.6. The zero-order chi connectivity index (χ0) is 17.3. The number of nitrogens with zero attached hydrogens (tertiary/aromatic N) is 1. The molecule has 2 aromatic carbocycles. The number of rotatable bonds is 4. The molecule has 0 radical (unpaired) electrons. The maximum absolute atomic E-state index is 12.9. The Kier molecular flexibility index (Phi) is 4.48. The second-order valence-electron chi connectivity index (χ2n) is 6.02. The minimum atomic E-state index is -0.607. The van der Waals surface area contributed by atoms with Crippen molar-refractivity contribution in [3.8, 4) is 0 Å². The number of hydrogen-bond donors (Lipinski definition) is 0. The molecule has 124 valence electrons. The van der Waals surface area contributed by atoms with Gasteiger partial charge in [-0.3, -0.25) is 0 Å². The molecule has 4 nitrogen and oxygen atoms in total. The van der Waals surface area contributed by atoms with Crippen molar-refractivity contribution in [2.45, 2.75) is 17.7 Å². The van der Waals surface area contributed by atoms with Gasteiger partial charge in [0.05, 0.1) is 0 Å². The van der Waals surface area contributed by atoms with Gasteiger partial charge in [-0.2, -0.15) is 0 Å². The molecular formula is C19H19NO3Se. The summed E-state index contributed by atoms with van der Waals surface area (Å²) in [6.07, 6.45) is 0. The van der Waals surface area contributed by atoms with Gasteiger partial charge in [-0.25, -0.2) is 0 Å². The molecule has 0 N–H and O–H groups in total. The predicted molar refractivity (Wildman–Crippen MR) is 95.2 cm³/mol. The summed E-state index contributed by atoms with van der Waals surface area (Å²) in [6.45, 7) is 1.98. The van der Waals surface area contributed by atoms with E-state index in [0.29, 0.717) is 5.56 Å². The Balaban J connectivity index is 1.96. The second kappa shape index (κ2) is 6.42. The van der Waals surface area contributed by atoms with Crippen molar-refractivity contribution in [1.82, 2.24) is 0 Å². The van der Waals surface area contributed by atoms with Crippen molar-refractivity contribution in [3.05, 3.63) is 59.7 Å². The second-order valence-corrected chi connectivity index (χ2v) is 8.22. The molecule has 0 bridgehead atoms. The molecule has 0 saturated carbocycles. The van der Waals surface area contributed by atoms with Crippen molar-refractivity contribution in [3.63, 3.8) is 0 Å². The van der Waals surface area contributed by atoms with Gasteiger partial charge in [0.15, 0.2) is 0 Å². The molecule has 1 atom stereocenters. The number of ether oxygens (including phenoxy) is 1. The Morgan fingerprint density at radius 3 is 2.58 bits per heavy atom. The minimum absolute atomic E-state index is 0.0809. The number of anilines is 1. The summed E-state index contributed by atoms with van der Waals surface area (Å²) in [5, 5.41) is 0.755. The summed E-state index contributed by atoms with van der Waals surface area (Å²) in [4.78, 5) is 26.4. The van der Waals surface area contributed by atoms with Gasteiger partial charge in [0.1, 0.15) is 0 Å². The average molecular weight is 388 g/mol. The van der Waals surface area contributed by atoms with Crippen molar-refractivity contribution < 1.29 is 14.3 Å². The molecule has 1 aliphatic heterocycles. The molecule has 2 aromatic rings. The first-order valence-corrected chi connectivity index (χ1v) is 9.73. The Bertz CT molecular complexity index is 790. The first kappa shape index (κ1) is 16.7. The fourth-order valence-electron chi connectivity index (χ4n) is 2.99. The van der Waals surface area contributed by atoms with Crippen LogP contribution in [0.15, 0.2) is 48.5 Å². The van der Waals surface area contributed by atoms with Gasteiger partial charge < -0.3 is 0 Å². The van der Waals surface area contributed by atoms with E-state index in [1.54, 1.807) is 18.0 Å². The van der Waals surface area contributed by atoms with Crippen molar-refractivity contribution in [2.24, 2.45) is 0 Å². The number of esters is 1. The van der Waals surface area contributed by atoms with Crippen LogP contribution in [0.1, 0.15) is 22.8 Å². The van der Waals surface area contributed by atoms with E-state index in [0.717, 1.165) is 16.6 Å². The number of carbonyl (C=O) groups excluding carboxylic acids is 2. The van der Waals surface area contributed by atoms with Crippen LogP contribution in [0.25, 0.3) is 0 Å². The van der Waals surface area contributed by atoms with E-state index in [1.807, 2.05) is 37.3 Å². The molecule has 0 unspecified atom stereocenters. The molecule has 1 aliphatic rings. The van der Waals surface area contributed by atoms with Gasteiger partial charge >= 0.3 is 148 Å². The molecule has 0 aromatic heterocycles. The summed E-state index contributed by atoms with van der Waals surface area (Å²) >= 11 is 0.176. The molecule has 0 spiro atoms. The number of amides is 1. The van der Waals surface area contributed by atoms with Crippen LogP contribution in [0.4, 0.5) is 5.69 Å². The molecule has 1 heterocycles. The maximum atomic E-state index is 12.9. The number of carbonyl (C=O) groups is 2. The SMILES string of the molecule is COC(=O)c1ccc2c(c1)[C@](C)(C[Se]c1ccccc1)C(=O)N2C. The molecule has 1 amide bonds. The monoisotopic (exact) mass is 389 g/mol. The van der Waals surface area contributed by atoms with Crippen LogP contribution in [0.5, 0.6) is 0 Å². The zero-order valence-electron chi connectivity index (χ0n) is 13.9. The summed E-state index contributed by atoms with van der Waals surface area (Å²) in [7, 11) is 3.16. The summed E-state index contributed by atoms with van der Waals surface area (Å²) in [5.74, 6) is -0.298. The summed E-state index contributed by atoms with van der Waals surface area (Å²) in [5.41, 5.74) is 1.66. The first-order valence-electron chi connectivity index (χ1n) is 7.66. The molecule has 0 aliphatic carbocycles. The number of likely N-dealkylation sites (N-methyl/N-ethyl adjacent to an activating group) is 1. The average Bonchev–Trinajstić information content (AvgIpc) is 2.82. The first-order chi connectivity index (χ1) is 11.5. The quantitative estimate of drug-likeness (QED) is 0.596. The van der Waals surface area contributed by atoms with Crippen LogP contribution in [-0.4, -0.2) is 41.0 Å². The van der Waals surface area contributed by atoms with Crippen LogP contribution in [0, 0.1) is 0 Å². The van der Waals surface area contributed by atoms with Crippen LogP contribution >= 0.6 is 0 Å². The number of methoxy groups -OCH3 is 1. The molecule has 0 saturated heterocycles. The van der Waals surface area contributed by atoms with E-state index in [9.17, 15) is 9.59 Å². The van der Waals surface area contributed by atoms with E-state index in [1.165, 1.54) is 11.6 Å². The van der Waals surface area contributed by atoms with Gasteiger partial charge in [0.2, 0.25) is 0 Å². The van der Waals surface area contributed by atoms with Gasteiger partial charge in [0.25, 0.3) is 0 Å². The van der Waals surface area contributed by atoms with E-state index >= 15 is 0 Å². The van der Waals surface area contributed by atoms with Gasteiger partial charge in [0, 0.05) is 0 Å². The van der Waals surface area contributed by atoms with Crippen LogP contribution in [0.2, 0.25) is 5.32 Å². The molecular weight excluding hydrogens is 369 g/mol. The topological polar surface area (TPSA) is 46.6 Å². The summed E-state index contributed by atoms with van der Waals surface area (Å²) in [6, 6.07) is 15.6. The van der Waals surface area contributed by atoms with E-state index in [2.05, 4.69) is 12.1 Å². The fraction of sp³-hybridized carbons (Fsp3) is 0.263. The van der Waals surface area contributed by atoms with Crippen molar-refractivity contribution in [1.29, 1.82) is 0 Å². The predicted octanol–water partition coefficient (Wildman–Crippen LogP) is 2.16. The van der Waals surface area contributed by atoms with Crippen LogP contribution < -0.4 is 9.36 Å². The van der Waals surface area contributed by atoms with Crippen molar-refractivity contribution >= 4 is 37.0 Å². The van der Waals surface area contributed by atoms with Crippen LogP contribution in [-0.2, 0) is 14.9 Å². The third-order valence-electron chi connectivity index (χ3n) is 4.42. The van der Waals surface area contributed by atoms with Gasteiger partial charge in [-0.05, 0) is 0 Å². The van der Waals surface area contributed by atoms with Crippen molar-refractivity contribution in [2.75, 3.05) is 19.1 Å². The van der Waals surface area contributed by atoms with E-state index in [-0.39, 0.29) is 26.8 Å². The normalized spacial score (nSPS) is 19.3. The number of fused-ring (bicyclic) bond motifs is 1. The van der Waals surface area contributed by atoms with E-state index in [4.69, 9.17) is 4.74 Å². The molecule has 0 fully saturated rings. The van der Waals surface area contributed by atoms with Crippen LogP contribution in [0.3, 0.4) is 0 Å².